The van der Waals surface area contributed by atoms with E-state index in [-0.39, 0.29) is 23.8 Å². The molecule has 4 saturated carbocycles. The van der Waals surface area contributed by atoms with E-state index in [9.17, 15) is 19.4 Å². The Morgan fingerprint density at radius 2 is 2.00 bits per heavy atom. The Hall–Kier alpha value is -1.89. The summed E-state index contributed by atoms with van der Waals surface area (Å²) < 4.78 is 13.2. The summed E-state index contributed by atoms with van der Waals surface area (Å²) in [5.41, 5.74) is -0.527. The first-order valence-corrected chi connectivity index (χ1v) is 10.0. The van der Waals surface area contributed by atoms with Gasteiger partial charge in [0.15, 0.2) is 0 Å². The molecule has 5 aliphatic rings. The zero-order chi connectivity index (χ0) is 18.8. The van der Waals surface area contributed by atoms with E-state index in [1.165, 1.54) is 12.3 Å². The van der Waals surface area contributed by atoms with Crippen LogP contribution in [0.4, 0.5) is 15.0 Å². The number of amides is 1. The largest absolute Gasteiger partial charge is 0.465 e. The molecule has 1 aliphatic heterocycles. The van der Waals surface area contributed by atoms with Crippen molar-refractivity contribution in [1.82, 2.24) is 9.88 Å². The van der Waals surface area contributed by atoms with E-state index in [1.807, 2.05) is 0 Å². The number of carbonyl (C=O) groups is 1. The second-order valence-electron chi connectivity index (χ2n) is 9.14. The average molecular weight is 375 g/mol. The van der Waals surface area contributed by atoms with Gasteiger partial charge in [0.1, 0.15) is 11.6 Å². The number of aromatic nitrogens is 1. The van der Waals surface area contributed by atoms with Crippen molar-refractivity contribution in [3.8, 4) is 0 Å². The lowest BCUT2D eigenvalue weighted by Gasteiger charge is -2.60. The molecule has 1 saturated heterocycles. The van der Waals surface area contributed by atoms with Gasteiger partial charge in [-0.1, -0.05) is 0 Å². The molecule has 27 heavy (non-hydrogen) atoms. The van der Waals surface area contributed by atoms with Gasteiger partial charge in [0.2, 0.25) is 0 Å². The minimum absolute atomic E-state index is 0.0313. The highest BCUT2D eigenvalue weighted by molar-refractivity contribution is 5.66. The van der Waals surface area contributed by atoms with Crippen molar-refractivity contribution < 1.29 is 19.4 Å². The van der Waals surface area contributed by atoms with Crippen LogP contribution in [0, 0.1) is 29.5 Å². The third kappa shape index (κ3) is 2.87. The predicted octanol–water partition coefficient (Wildman–Crippen LogP) is 2.94. The van der Waals surface area contributed by atoms with Crippen LogP contribution in [0.1, 0.15) is 38.5 Å². The molecule has 0 radical (unpaired) electrons. The minimum atomic E-state index is -0.871. The van der Waals surface area contributed by atoms with Gasteiger partial charge in [0.05, 0.1) is 23.9 Å². The highest BCUT2D eigenvalue weighted by atomic mass is 19.1. The molecule has 6 rings (SSSR count). The van der Waals surface area contributed by atoms with Crippen LogP contribution in [0.2, 0.25) is 0 Å². The van der Waals surface area contributed by atoms with Gasteiger partial charge in [0.25, 0.3) is 0 Å². The number of halogens is 1. The van der Waals surface area contributed by atoms with Crippen molar-refractivity contribution in [2.24, 2.45) is 23.7 Å². The minimum Gasteiger partial charge on any atom is -0.465 e. The van der Waals surface area contributed by atoms with E-state index in [1.54, 1.807) is 11.0 Å². The zero-order valence-corrected chi connectivity index (χ0v) is 15.2. The topological polar surface area (TPSA) is 85.7 Å². The maximum Gasteiger partial charge on any atom is 0.407 e. The van der Waals surface area contributed by atoms with E-state index in [0.717, 1.165) is 38.5 Å². The Kier molecular flexibility index (Phi) is 3.86. The Labute approximate surface area is 157 Å². The summed E-state index contributed by atoms with van der Waals surface area (Å²) in [6.07, 6.45) is 5.76. The maximum absolute atomic E-state index is 13.2. The smallest absolute Gasteiger partial charge is 0.407 e. The average Bonchev–Trinajstić information content (AvgIpc) is 2.99. The SMILES string of the molecule is O=C(O)N1CCC(Nc2ccc(F)cn2)C1C1C2CC3CC1CC(O)(C3)C2. The summed E-state index contributed by atoms with van der Waals surface area (Å²) in [6.45, 7) is 0.502. The van der Waals surface area contributed by atoms with Gasteiger partial charge in [-0.25, -0.2) is 14.2 Å². The van der Waals surface area contributed by atoms with E-state index in [4.69, 9.17) is 0 Å². The maximum atomic E-state index is 13.2. The molecule has 0 aromatic carbocycles. The first kappa shape index (κ1) is 17.2. The van der Waals surface area contributed by atoms with Crippen LogP contribution in [-0.4, -0.2) is 50.4 Å². The predicted molar refractivity (Wildman–Crippen MR) is 96.7 cm³/mol. The number of pyridine rings is 1. The number of rotatable bonds is 3. The molecule has 0 spiro atoms. The van der Waals surface area contributed by atoms with Crippen molar-refractivity contribution in [1.29, 1.82) is 0 Å². The highest BCUT2D eigenvalue weighted by Crippen LogP contribution is 2.60. The Morgan fingerprint density at radius 1 is 1.26 bits per heavy atom. The van der Waals surface area contributed by atoms with Crippen molar-refractivity contribution >= 4 is 11.9 Å². The molecule has 3 N–H and O–H groups in total. The fraction of sp³-hybridized carbons (Fsp3) is 0.700. The van der Waals surface area contributed by atoms with E-state index >= 15 is 0 Å². The molecule has 2 heterocycles. The molecule has 6 nitrogen and oxygen atoms in total. The molecule has 5 fully saturated rings. The first-order chi connectivity index (χ1) is 12.9. The Morgan fingerprint density at radius 3 is 2.59 bits per heavy atom. The normalized spacial score (nSPS) is 42.5. The van der Waals surface area contributed by atoms with Gasteiger partial charge in [-0.05, 0) is 74.3 Å². The first-order valence-electron chi connectivity index (χ1n) is 10.0. The molecular formula is C20H26FN3O3. The van der Waals surface area contributed by atoms with Crippen LogP contribution in [0.5, 0.6) is 0 Å². The quantitative estimate of drug-likeness (QED) is 0.756. The Bertz CT molecular complexity index is 726. The molecular weight excluding hydrogens is 349 g/mol. The molecule has 4 bridgehead atoms. The number of anilines is 1. The summed E-state index contributed by atoms with van der Waals surface area (Å²) in [7, 11) is 0. The molecule has 146 valence electrons. The fourth-order valence-electron chi connectivity index (χ4n) is 6.90. The molecule has 4 aliphatic carbocycles. The second kappa shape index (κ2) is 6.06. The summed E-state index contributed by atoms with van der Waals surface area (Å²) in [6, 6.07) is 2.83. The number of carboxylic acid groups (broad SMARTS) is 1. The number of hydrogen-bond acceptors (Lipinski definition) is 4. The lowest BCUT2D eigenvalue weighted by molar-refractivity contribution is -0.162. The van der Waals surface area contributed by atoms with E-state index in [2.05, 4.69) is 10.3 Å². The summed E-state index contributed by atoms with van der Waals surface area (Å²) >= 11 is 0. The van der Waals surface area contributed by atoms with E-state index < -0.39 is 11.7 Å². The third-order valence-electron chi connectivity index (χ3n) is 7.47. The van der Waals surface area contributed by atoms with Gasteiger partial charge >= 0.3 is 6.09 Å². The molecule has 4 unspecified atom stereocenters. The van der Waals surface area contributed by atoms with Crippen LogP contribution >= 0.6 is 0 Å². The number of nitrogens with zero attached hydrogens (tertiary/aromatic N) is 2. The zero-order valence-electron chi connectivity index (χ0n) is 15.2. The van der Waals surface area contributed by atoms with Gasteiger partial charge in [0, 0.05) is 6.54 Å². The van der Waals surface area contributed by atoms with Gasteiger partial charge in [-0.2, -0.15) is 0 Å². The second-order valence-corrected chi connectivity index (χ2v) is 9.14. The van der Waals surface area contributed by atoms with Crippen LogP contribution < -0.4 is 5.32 Å². The van der Waals surface area contributed by atoms with Crippen molar-refractivity contribution in [3.05, 3.63) is 24.1 Å². The summed E-state index contributed by atoms with van der Waals surface area (Å²) in [5, 5.41) is 24.0. The standard InChI is InChI=1S/C20H26FN3O3/c21-14-1-2-16(22-10-14)23-15-3-4-24(19(25)26)18(15)17-12-5-11-6-13(17)9-20(27,7-11)8-12/h1-2,10-13,15,17-18,27H,3-9H2,(H,22,23)(H,25,26). The number of hydrogen-bond donors (Lipinski definition) is 3. The molecule has 4 atom stereocenters. The van der Waals surface area contributed by atoms with Crippen LogP contribution in [0.3, 0.4) is 0 Å². The van der Waals surface area contributed by atoms with Crippen molar-refractivity contribution in [2.75, 3.05) is 11.9 Å². The van der Waals surface area contributed by atoms with Gasteiger partial charge in [-0.15, -0.1) is 0 Å². The van der Waals surface area contributed by atoms with Gasteiger partial charge < -0.3 is 20.4 Å². The molecule has 1 aromatic heterocycles. The molecule has 7 heteroatoms. The summed E-state index contributed by atoms with van der Waals surface area (Å²) in [4.78, 5) is 17.6. The van der Waals surface area contributed by atoms with Crippen LogP contribution in [0.15, 0.2) is 18.3 Å². The lowest BCUT2D eigenvalue weighted by Crippen LogP contribution is -2.61. The van der Waals surface area contributed by atoms with Crippen LogP contribution in [-0.2, 0) is 0 Å². The van der Waals surface area contributed by atoms with E-state index in [0.29, 0.717) is 30.1 Å². The fourth-order valence-corrected chi connectivity index (χ4v) is 6.90. The monoisotopic (exact) mass is 375 g/mol. The number of aliphatic hydroxyl groups is 1. The van der Waals surface area contributed by atoms with Crippen molar-refractivity contribution in [3.63, 3.8) is 0 Å². The van der Waals surface area contributed by atoms with Gasteiger partial charge in [-0.3, -0.25) is 0 Å². The summed E-state index contributed by atoms with van der Waals surface area (Å²) in [5.74, 6) is 1.84. The molecule has 1 amide bonds. The Balaban J connectivity index is 1.43. The van der Waals surface area contributed by atoms with Crippen LogP contribution in [0.25, 0.3) is 0 Å². The molecule has 1 aromatic rings. The van der Waals surface area contributed by atoms with Crippen molar-refractivity contribution in [2.45, 2.75) is 56.2 Å². The lowest BCUT2D eigenvalue weighted by atomic mass is 9.48. The number of nitrogens with one attached hydrogen (secondary N) is 1. The highest BCUT2D eigenvalue weighted by Gasteiger charge is 2.59. The number of likely N-dealkylation sites (tertiary alicyclic amines) is 1. The third-order valence-corrected chi connectivity index (χ3v) is 7.47.